The molecule has 0 spiro atoms. The Kier molecular flexibility index (Phi) is 3.84. The van der Waals surface area contributed by atoms with Gasteiger partial charge in [-0.2, -0.15) is 0 Å². The van der Waals surface area contributed by atoms with Gasteiger partial charge in [0.15, 0.2) is 0 Å². The van der Waals surface area contributed by atoms with Gasteiger partial charge in [-0.1, -0.05) is 4.49 Å². The monoisotopic (exact) mass is 240 g/mol. The molecule has 16 heavy (non-hydrogen) atoms. The van der Waals surface area contributed by atoms with Crippen molar-refractivity contribution in [2.75, 3.05) is 13.1 Å². The van der Waals surface area contributed by atoms with E-state index in [0.717, 1.165) is 43.9 Å². The van der Waals surface area contributed by atoms with Gasteiger partial charge in [-0.3, -0.25) is 4.79 Å². The molecule has 5 nitrogen and oxygen atoms in total. The fourth-order valence-electron chi connectivity index (χ4n) is 1.85. The van der Waals surface area contributed by atoms with E-state index in [1.807, 2.05) is 6.92 Å². The van der Waals surface area contributed by atoms with Crippen LogP contribution in [0.3, 0.4) is 0 Å². The molecule has 0 radical (unpaired) electrons. The lowest BCUT2D eigenvalue weighted by Crippen LogP contribution is -2.35. The highest BCUT2D eigenvalue weighted by atomic mass is 32.1. The highest BCUT2D eigenvalue weighted by molar-refractivity contribution is 7.07. The first-order valence-corrected chi connectivity index (χ1v) is 6.35. The number of amides is 1. The minimum Gasteiger partial charge on any atom is -0.348 e. The van der Waals surface area contributed by atoms with Crippen LogP contribution in [0.15, 0.2) is 0 Å². The number of carbonyl (C=O) groups excluding carboxylic acids is 1. The second kappa shape index (κ2) is 5.36. The lowest BCUT2D eigenvalue weighted by atomic mass is 10.1. The highest BCUT2D eigenvalue weighted by Crippen LogP contribution is 2.11. The minimum atomic E-state index is -0.0283. The number of aryl methyl sites for hydroxylation is 1. The summed E-state index contributed by atoms with van der Waals surface area (Å²) in [6, 6.07) is 0.281. The Morgan fingerprint density at radius 1 is 1.50 bits per heavy atom. The van der Waals surface area contributed by atoms with Crippen molar-refractivity contribution < 1.29 is 4.79 Å². The third-order valence-electron chi connectivity index (χ3n) is 2.77. The van der Waals surface area contributed by atoms with Gasteiger partial charge in [0.25, 0.3) is 5.91 Å². The Labute approximate surface area is 98.8 Å². The van der Waals surface area contributed by atoms with Crippen molar-refractivity contribution in [3.8, 4) is 0 Å². The Balaban J connectivity index is 1.93. The molecule has 2 rings (SSSR count). The average Bonchev–Trinajstić information content (AvgIpc) is 2.53. The Bertz CT molecular complexity index is 357. The Hall–Kier alpha value is -1.01. The van der Waals surface area contributed by atoms with Crippen LogP contribution in [0.1, 0.15) is 34.6 Å². The quantitative estimate of drug-likeness (QED) is 0.799. The van der Waals surface area contributed by atoms with E-state index in [2.05, 4.69) is 20.2 Å². The normalized spacial score (nSPS) is 21.4. The second-order valence-electron chi connectivity index (χ2n) is 4.04. The lowest BCUT2D eigenvalue weighted by molar-refractivity contribution is 0.0937. The largest absolute Gasteiger partial charge is 0.348 e. The van der Waals surface area contributed by atoms with Gasteiger partial charge in [-0.05, 0) is 50.8 Å². The zero-order chi connectivity index (χ0) is 11.4. The zero-order valence-corrected chi connectivity index (χ0v) is 10.1. The molecule has 1 amide bonds. The van der Waals surface area contributed by atoms with E-state index >= 15 is 0 Å². The molecule has 2 N–H and O–H groups in total. The molecule has 1 aromatic rings. The molecule has 1 fully saturated rings. The topological polar surface area (TPSA) is 66.9 Å². The first kappa shape index (κ1) is 11.5. The van der Waals surface area contributed by atoms with Gasteiger partial charge < -0.3 is 10.6 Å². The molecule has 1 aromatic heterocycles. The van der Waals surface area contributed by atoms with Crippen LogP contribution in [0, 0.1) is 6.92 Å². The van der Waals surface area contributed by atoms with E-state index in [4.69, 9.17) is 0 Å². The first-order valence-electron chi connectivity index (χ1n) is 5.58. The number of aromatic nitrogens is 2. The van der Waals surface area contributed by atoms with Crippen molar-refractivity contribution in [3.63, 3.8) is 0 Å². The summed E-state index contributed by atoms with van der Waals surface area (Å²) in [4.78, 5) is 12.5. The van der Waals surface area contributed by atoms with Gasteiger partial charge in [0.1, 0.15) is 4.88 Å². The van der Waals surface area contributed by atoms with Gasteiger partial charge in [0.2, 0.25) is 0 Å². The molecule has 6 heteroatoms. The first-order chi connectivity index (χ1) is 7.77. The van der Waals surface area contributed by atoms with Crippen LogP contribution in [-0.4, -0.2) is 34.6 Å². The highest BCUT2D eigenvalue weighted by Gasteiger charge is 2.18. The Morgan fingerprint density at radius 3 is 3.12 bits per heavy atom. The molecular formula is C10H16N4OS. The Morgan fingerprint density at radius 2 is 2.38 bits per heavy atom. The minimum absolute atomic E-state index is 0.0283. The maximum atomic E-state index is 11.9. The summed E-state index contributed by atoms with van der Waals surface area (Å²) in [6.45, 7) is 3.84. The number of rotatable bonds is 2. The molecule has 2 heterocycles. The van der Waals surface area contributed by atoms with Crippen molar-refractivity contribution in [1.82, 2.24) is 20.2 Å². The van der Waals surface area contributed by atoms with Crippen molar-refractivity contribution >= 4 is 17.4 Å². The van der Waals surface area contributed by atoms with Gasteiger partial charge in [0, 0.05) is 6.04 Å². The van der Waals surface area contributed by atoms with Crippen LogP contribution in [0.4, 0.5) is 0 Å². The number of nitrogens with zero attached hydrogens (tertiary/aromatic N) is 2. The number of carbonyl (C=O) groups is 1. The maximum absolute atomic E-state index is 11.9. The SMILES string of the molecule is Cc1nnsc1C(=O)NC1CCCNCC1. The number of hydrogen-bond acceptors (Lipinski definition) is 5. The molecule has 1 unspecified atom stereocenters. The molecule has 0 bridgehead atoms. The zero-order valence-electron chi connectivity index (χ0n) is 9.32. The third-order valence-corrected chi connectivity index (χ3v) is 3.60. The van der Waals surface area contributed by atoms with E-state index in [-0.39, 0.29) is 11.9 Å². The molecule has 0 aromatic carbocycles. The van der Waals surface area contributed by atoms with Gasteiger partial charge in [-0.15, -0.1) is 5.10 Å². The summed E-state index contributed by atoms with van der Waals surface area (Å²) in [7, 11) is 0. The van der Waals surface area contributed by atoms with Crippen molar-refractivity contribution in [2.24, 2.45) is 0 Å². The smallest absolute Gasteiger partial charge is 0.265 e. The predicted molar refractivity (Wildman–Crippen MR) is 62.6 cm³/mol. The summed E-state index contributed by atoms with van der Waals surface area (Å²) in [5, 5.41) is 10.2. The van der Waals surface area contributed by atoms with Crippen molar-refractivity contribution in [2.45, 2.75) is 32.2 Å². The van der Waals surface area contributed by atoms with E-state index in [1.54, 1.807) is 0 Å². The van der Waals surface area contributed by atoms with Crippen LogP contribution >= 0.6 is 11.5 Å². The molecule has 1 aliphatic rings. The summed E-state index contributed by atoms with van der Waals surface area (Å²) in [6.07, 6.45) is 3.16. The van der Waals surface area contributed by atoms with Crippen LogP contribution in [0.5, 0.6) is 0 Å². The average molecular weight is 240 g/mol. The van der Waals surface area contributed by atoms with E-state index in [0.29, 0.717) is 10.6 Å². The molecule has 0 saturated carbocycles. The van der Waals surface area contributed by atoms with Crippen LogP contribution in [0.2, 0.25) is 0 Å². The van der Waals surface area contributed by atoms with Crippen LogP contribution in [0.25, 0.3) is 0 Å². The predicted octanol–water partition coefficient (Wildman–Crippen LogP) is 0.718. The van der Waals surface area contributed by atoms with Crippen LogP contribution < -0.4 is 10.6 Å². The third kappa shape index (κ3) is 2.76. The summed E-state index contributed by atoms with van der Waals surface area (Å²) < 4.78 is 3.77. The molecule has 88 valence electrons. The molecule has 1 saturated heterocycles. The van der Waals surface area contributed by atoms with Gasteiger partial charge in [-0.25, -0.2) is 0 Å². The molecule has 0 aliphatic carbocycles. The van der Waals surface area contributed by atoms with Crippen molar-refractivity contribution in [3.05, 3.63) is 10.6 Å². The lowest BCUT2D eigenvalue weighted by Gasteiger charge is -2.14. The van der Waals surface area contributed by atoms with Crippen molar-refractivity contribution in [1.29, 1.82) is 0 Å². The summed E-state index contributed by atoms with van der Waals surface area (Å²) >= 11 is 1.16. The summed E-state index contributed by atoms with van der Waals surface area (Å²) in [5.74, 6) is -0.0283. The standard InChI is InChI=1S/C10H16N4OS/c1-7-9(16-14-13-7)10(15)12-8-3-2-5-11-6-4-8/h8,11H,2-6H2,1H3,(H,12,15). The fourth-order valence-corrected chi connectivity index (χ4v) is 2.41. The van der Waals surface area contributed by atoms with E-state index in [9.17, 15) is 4.79 Å². The molecular weight excluding hydrogens is 224 g/mol. The summed E-state index contributed by atoms with van der Waals surface area (Å²) in [5.41, 5.74) is 0.717. The van der Waals surface area contributed by atoms with Crippen LogP contribution in [-0.2, 0) is 0 Å². The van der Waals surface area contributed by atoms with Gasteiger partial charge in [0.05, 0.1) is 5.69 Å². The number of nitrogens with one attached hydrogen (secondary N) is 2. The van der Waals surface area contributed by atoms with E-state index < -0.39 is 0 Å². The maximum Gasteiger partial charge on any atom is 0.265 e. The van der Waals surface area contributed by atoms with Gasteiger partial charge >= 0.3 is 0 Å². The van der Waals surface area contributed by atoms with E-state index in [1.165, 1.54) is 0 Å². The number of hydrogen-bond donors (Lipinski definition) is 2. The second-order valence-corrected chi connectivity index (χ2v) is 4.79. The fraction of sp³-hybridized carbons (Fsp3) is 0.700. The molecule has 1 atom stereocenters. The molecule has 1 aliphatic heterocycles.